The fraction of sp³-hybridized carbons (Fsp3) is 0.316. The number of imidazole rings is 1. The Morgan fingerprint density at radius 2 is 2.07 bits per heavy atom. The zero-order chi connectivity index (χ0) is 21.0. The summed E-state index contributed by atoms with van der Waals surface area (Å²) in [5.41, 5.74) is 2.50. The second kappa shape index (κ2) is 6.51. The lowest BCUT2D eigenvalue weighted by Crippen LogP contribution is -2.47. The lowest BCUT2D eigenvalue weighted by atomic mass is 10.1. The highest BCUT2D eigenvalue weighted by molar-refractivity contribution is 5.98. The molecule has 4 aromatic heterocycles. The second-order valence-electron chi connectivity index (χ2n) is 7.34. The number of nitrogens with zero attached hydrogens (tertiary/aromatic N) is 6. The smallest absolute Gasteiger partial charge is 0.339 e. The third-order valence-corrected chi connectivity index (χ3v) is 5.21. The minimum atomic E-state index is -4.51. The van der Waals surface area contributed by atoms with Gasteiger partial charge in [-0.3, -0.25) is 9.20 Å². The minimum Gasteiger partial charge on any atom is -0.339 e. The molecule has 0 aliphatic heterocycles. The number of nitrogens with one attached hydrogen (secondary N) is 1. The van der Waals surface area contributed by atoms with E-state index in [-0.39, 0.29) is 11.3 Å². The van der Waals surface area contributed by atoms with E-state index in [4.69, 9.17) is 0 Å². The standard InChI is InChI=1S/C19H16F3N7O/c1-10-7-12(13-3-2-4-14-23-8-25-29(13)14)26-17-15(24-9-28(10)17)18(30)27-16(11-5-6-11)19(20,21)22/h2-4,7-9,11,16H,5-6H2,1H3,(H,27,30). The Morgan fingerprint density at radius 3 is 2.80 bits per heavy atom. The van der Waals surface area contributed by atoms with Gasteiger partial charge in [-0.2, -0.15) is 18.3 Å². The number of carbonyl (C=O) groups is 1. The highest BCUT2D eigenvalue weighted by Gasteiger charge is 2.50. The molecular weight excluding hydrogens is 399 g/mol. The normalized spacial score (nSPS) is 15.6. The van der Waals surface area contributed by atoms with Crippen LogP contribution in [0.5, 0.6) is 0 Å². The zero-order valence-electron chi connectivity index (χ0n) is 15.8. The van der Waals surface area contributed by atoms with E-state index < -0.39 is 24.0 Å². The Balaban J connectivity index is 1.57. The van der Waals surface area contributed by atoms with Gasteiger partial charge in [-0.15, -0.1) is 0 Å². The van der Waals surface area contributed by atoms with Crippen LogP contribution >= 0.6 is 0 Å². The van der Waals surface area contributed by atoms with Gasteiger partial charge in [0.05, 0.1) is 11.4 Å². The van der Waals surface area contributed by atoms with Gasteiger partial charge in [0, 0.05) is 5.69 Å². The summed E-state index contributed by atoms with van der Waals surface area (Å²) in [5.74, 6) is -1.48. The molecule has 1 unspecified atom stereocenters. The van der Waals surface area contributed by atoms with E-state index in [2.05, 4.69) is 25.4 Å². The van der Waals surface area contributed by atoms with E-state index in [1.807, 2.05) is 0 Å². The average molecular weight is 415 g/mol. The van der Waals surface area contributed by atoms with Gasteiger partial charge in [0.1, 0.15) is 18.7 Å². The van der Waals surface area contributed by atoms with Gasteiger partial charge in [-0.25, -0.2) is 19.5 Å². The maximum atomic E-state index is 13.3. The number of alkyl halides is 3. The van der Waals surface area contributed by atoms with Crippen LogP contribution in [0, 0.1) is 12.8 Å². The van der Waals surface area contributed by atoms with Crippen LogP contribution in [0.4, 0.5) is 13.2 Å². The molecule has 154 valence electrons. The molecule has 11 heteroatoms. The van der Waals surface area contributed by atoms with Crippen molar-refractivity contribution < 1.29 is 18.0 Å². The van der Waals surface area contributed by atoms with Crippen molar-refractivity contribution in [2.75, 3.05) is 0 Å². The van der Waals surface area contributed by atoms with Gasteiger partial charge >= 0.3 is 6.18 Å². The molecule has 1 N–H and O–H groups in total. The van der Waals surface area contributed by atoms with Crippen LogP contribution in [0.2, 0.25) is 0 Å². The number of aryl methyl sites for hydroxylation is 1. The van der Waals surface area contributed by atoms with Gasteiger partial charge < -0.3 is 5.32 Å². The number of halogens is 3. The largest absolute Gasteiger partial charge is 0.408 e. The molecule has 0 radical (unpaired) electrons. The molecule has 0 aromatic carbocycles. The molecule has 1 aliphatic rings. The zero-order valence-corrected chi connectivity index (χ0v) is 15.8. The number of fused-ring (bicyclic) bond motifs is 2. The summed E-state index contributed by atoms with van der Waals surface area (Å²) in [4.78, 5) is 25.4. The molecule has 30 heavy (non-hydrogen) atoms. The predicted molar refractivity (Wildman–Crippen MR) is 99.7 cm³/mol. The first-order valence-electron chi connectivity index (χ1n) is 9.34. The molecule has 5 rings (SSSR count). The fourth-order valence-corrected chi connectivity index (χ4v) is 3.56. The number of hydrogen-bond donors (Lipinski definition) is 1. The molecule has 1 aliphatic carbocycles. The number of aromatic nitrogens is 6. The molecule has 1 amide bonds. The third kappa shape index (κ3) is 3.06. The molecule has 1 atom stereocenters. The van der Waals surface area contributed by atoms with E-state index in [9.17, 15) is 18.0 Å². The molecule has 4 aromatic rings. The molecule has 0 bridgehead atoms. The Morgan fingerprint density at radius 1 is 1.27 bits per heavy atom. The Bertz CT molecular complexity index is 1270. The molecule has 4 heterocycles. The summed E-state index contributed by atoms with van der Waals surface area (Å²) in [5, 5.41) is 6.29. The van der Waals surface area contributed by atoms with E-state index in [0.717, 1.165) is 0 Å². The minimum absolute atomic E-state index is 0.152. The first kappa shape index (κ1) is 18.5. The summed E-state index contributed by atoms with van der Waals surface area (Å²) < 4.78 is 43.1. The van der Waals surface area contributed by atoms with Crippen LogP contribution in [0.15, 0.2) is 36.9 Å². The first-order chi connectivity index (χ1) is 14.3. The Labute approximate surface area is 167 Å². The number of pyridine rings is 1. The summed E-state index contributed by atoms with van der Waals surface area (Å²) in [6, 6.07) is 5.29. The maximum absolute atomic E-state index is 13.3. The average Bonchev–Trinajstić information content (AvgIpc) is 3.23. The first-order valence-corrected chi connectivity index (χ1v) is 9.34. The van der Waals surface area contributed by atoms with E-state index >= 15 is 0 Å². The van der Waals surface area contributed by atoms with E-state index in [0.29, 0.717) is 35.6 Å². The summed E-state index contributed by atoms with van der Waals surface area (Å²) in [7, 11) is 0. The Hall–Kier alpha value is -3.50. The van der Waals surface area contributed by atoms with Crippen LogP contribution in [-0.4, -0.2) is 47.1 Å². The van der Waals surface area contributed by atoms with Crippen LogP contribution in [0.3, 0.4) is 0 Å². The van der Waals surface area contributed by atoms with Gasteiger partial charge in [0.2, 0.25) is 0 Å². The van der Waals surface area contributed by atoms with Crippen LogP contribution in [-0.2, 0) is 0 Å². The van der Waals surface area contributed by atoms with Crippen molar-refractivity contribution in [1.82, 2.24) is 34.3 Å². The topological polar surface area (TPSA) is 89.5 Å². The van der Waals surface area contributed by atoms with Crippen molar-refractivity contribution in [3.63, 3.8) is 0 Å². The number of hydrogen-bond acceptors (Lipinski definition) is 5. The molecule has 1 saturated carbocycles. The third-order valence-electron chi connectivity index (χ3n) is 5.21. The summed E-state index contributed by atoms with van der Waals surface area (Å²) >= 11 is 0. The van der Waals surface area contributed by atoms with Gasteiger partial charge in [0.15, 0.2) is 17.0 Å². The molecule has 1 fully saturated rings. The molecule has 8 nitrogen and oxygen atoms in total. The van der Waals surface area contributed by atoms with Crippen LogP contribution in [0.25, 0.3) is 22.7 Å². The summed E-state index contributed by atoms with van der Waals surface area (Å²) in [6.07, 6.45) is -0.831. The molecule has 0 saturated heterocycles. The van der Waals surface area contributed by atoms with Gasteiger partial charge in [0.25, 0.3) is 5.91 Å². The van der Waals surface area contributed by atoms with Crippen molar-refractivity contribution in [2.24, 2.45) is 5.92 Å². The van der Waals surface area contributed by atoms with Crippen molar-refractivity contribution >= 4 is 17.2 Å². The van der Waals surface area contributed by atoms with E-state index in [1.165, 1.54) is 12.7 Å². The highest BCUT2D eigenvalue weighted by atomic mass is 19.4. The monoisotopic (exact) mass is 415 g/mol. The van der Waals surface area contributed by atoms with E-state index in [1.54, 1.807) is 40.1 Å². The van der Waals surface area contributed by atoms with Crippen molar-refractivity contribution in [3.05, 3.63) is 48.3 Å². The molecule has 0 spiro atoms. The van der Waals surface area contributed by atoms with Crippen molar-refractivity contribution in [3.8, 4) is 11.4 Å². The van der Waals surface area contributed by atoms with Crippen LogP contribution < -0.4 is 5.32 Å². The van der Waals surface area contributed by atoms with Crippen molar-refractivity contribution in [1.29, 1.82) is 0 Å². The number of amides is 1. The number of rotatable bonds is 4. The second-order valence-corrected chi connectivity index (χ2v) is 7.34. The SMILES string of the molecule is Cc1cc(-c2cccc3ncnn23)nc2c(C(=O)NC(C3CC3)C(F)(F)F)ncn12. The predicted octanol–water partition coefficient (Wildman–Crippen LogP) is 2.82. The van der Waals surface area contributed by atoms with Gasteiger partial charge in [-0.1, -0.05) is 6.07 Å². The summed E-state index contributed by atoms with van der Waals surface area (Å²) in [6.45, 7) is 1.80. The van der Waals surface area contributed by atoms with Gasteiger partial charge in [-0.05, 0) is 43.9 Å². The number of carbonyl (C=O) groups excluding carboxylic acids is 1. The lowest BCUT2D eigenvalue weighted by molar-refractivity contribution is -0.158. The lowest BCUT2D eigenvalue weighted by Gasteiger charge is -2.20. The van der Waals surface area contributed by atoms with Crippen molar-refractivity contribution in [2.45, 2.75) is 32.0 Å². The Kier molecular flexibility index (Phi) is 4.02. The maximum Gasteiger partial charge on any atom is 0.408 e. The van der Waals surface area contributed by atoms with Crippen LogP contribution in [0.1, 0.15) is 29.0 Å². The molecular formula is C19H16F3N7O. The fourth-order valence-electron chi connectivity index (χ4n) is 3.56. The quantitative estimate of drug-likeness (QED) is 0.554. The highest BCUT2D eigenvalue weighted by Crippen LogP contribution is 2.40.